The van der Waals surface area contributed by atoms with Crippen LogP contribution >= 0.6 is 0 Å². The maximum Gasteiger partial charge on any atom is 0.118 e. The lowest BCUT2D eigenvalue weighted by Gasteiger charge is -2.14. The van der Waals surface area contributed by atoms with Crippen LogP contribution in [0.25, 0.3) is 0 Å². The largest absolute Gasteiger partial charge is 0.497 e. The summed E-state index contributed by atoms with van der Waals surface area (Å²) in [5, 5.41) is 0. The molecule has 2 aromatic carbocycles. The van der Waals surface area contributed by atoms with E-state index in [1.54, 1.807) is 7.11 Å². The molecular weight excluding hydrogens is 258 g/mol. The Bertz CT molecular complexity index is 543. The van der Waals surface area contributed by atoms with E-state index in [1.807, 2.05) is 12.1 Å². The van der Waals surface area contributed by atoms with Crippen LogP contribution in [0.15, 0.2) is 48.5 Å². The van der Waals surface area contributed by atoms with Crippen molar-refractivity contribution in [1.82, 2.24) is 0 Å². The molecule has 0 aliphatic heterocycles. The first kappa shape index (κ1) is 15.6. The van der Waals surface area contributed by atoms with Crippen LogP contribution in [0.4, 0.5) is 0 Å². The molecule has 0 fully saturated rings. The van der Waals surface area contributed by atoms with Crippen LogP contribution in [0.2, 0.25) is 0 Å². The number of rotatable bonds is 6. The number of nitrogens with two attached hydrogens (primary N) is 1. The summed E-state index contributed by atoms with van der Waals surface area (Å²) in [6.07, 6.45) is 1.93. The fraction of sp³-hybridized carbons (Fsp3) is 0.368. The Morgan fingerprint density at radius 3 is 2.00 bits per heavy atom. The van der Waals surface area contributed by atoms with Crippen molar-refractivity contribution in [1.29, 1.82) is 0 Å². The second-order valence-electron chi connectivity index (χ2n) is 5.81. The molecule has 2 heteroatoms. The zero-order valence-corrected chi connectivity index (χ0v) is 13.2. The highest BCUT2D eigenvalue weighted by Gasteiger charge is 2.07. The average Bonchev–Trinajstić information content (AvgIpc) is 2.53. The van der Waals surface area contributed by atoms with E-state index < -0.39 is 0 Å². The van der Waals surface area contributed by atoms with Gasteiger partial charge < -0.3 is 10.5 Å². The molecule has 2 nitrogen and oxygen atoms in total. The van der Waals surface area contributed by atoms with Gasteiger partial charge in [-0.1, -0.05) is 50.2 Å². The van der Waals surface area contributed by atoms with Crippen molar-refractivity contribution in [3.63, 3.8) is 0 Å². The van der Waals surface area contributed by atoms with Gasteiger partial charge in [0.25, 0.3) is 0 Å². The maximum atomic E-state index is 6.30. The van der Waals surface area contributed by atoms with Crippen LogP contribution in [0.5, 0.6) is 5.75 Å². The number of benzene rings is 2. The van der Waals surface area contributed by atoms with Crippen molar-refractivity contribution in [2.45, 2.75) is 38.6 Å². The van der Waals surface area contributed by atoms with Crippen LogP contribution in [0.3, 0.4) is 0 Å². The van der Waals surface area contributed by atoms with E-state index in [0.29, 0.717) is 5.92 Å². The highest BCUT2D eigenvalue weighted by molar-refractivity contribution is 5.29. The predicted octanol–water partition coefficient (Wildman–Crippen LogP) is 4.45. The maximum absolute atomic E-state index is 6.30. The van der Waals surface area contributed by atoms with Gasteiger partial charge in [-0.15, -0.1) is 0 Å². The van der Waals surface area contributed by atoms with Crippen molar-refractivity contribution < 1.29 is 4.74 Å². The molecule has 0 aliphatic rings. The summed E-state index contributed by atoms with van der Waals surface area (Å²) in [5.74, 6) is 1.46. The third kappa shape index (κ3) is 4.33. The minimum absolute atomic E-state index is 0.0910. The molecule has 0 aromatic heterocycles. The highest BCUT2D eigenvalue weighted by Crippen LogP contribution is 2.21. The Hall–Kier alpha value is -1.80. The van der Waals surface area contributed by atoms with Crippen LogP contribution < -0.4 is 10.5 Å². The molecule has 0 radical (unpaired) electrons. The second-order valence-corrected chi connectivity index (χ2v) is 5.81. The smallest absolute Gasteiger partial charge is 0.118 e. The summed E-state index contributed by atoms with van der Waals surface area (Å²) in [5.41, 5.74) is 10.2. The van der Waals surface area contributed by atoms with E-state index in [0.717, 1.165) is 18.6 Å². The zero-order chi connectivity index (χ0) is 15.2. The number of methoxy groups -OCH3 is 1. The third-order valence-corrected chi connectivity index (χ3v) is 3.93. The summed E-state index contributed by atoms with van der Waals surface area (Å²) in [6.45, 7) is 4.41. The fourth-order valence-corrected chi connectivity index (χ4v) is 2.41. The molecule has 0 saturated carbocycles. The summed E-state index contributed by atoms with van der Waals surface area (Å²) in [4.78, 5) is 0. The molecule has 0 amide bonds. The van der Waals surface area contributed by atoms with Crippen molar-refractivity contribution in [3.8, 4) is 5.75 Å². The van der Waals surface area contributed by atoms with E-state index in [-0.39, 0.29) is 6.04 Å². The minimum atomic E-state index is 0.0910. The van der Waals surface area contributed by atoms with Gasteiger partial charge in [0.15, 0.2) is 0 Å². The Morgan fingerprint density at radius 1 is 0.905 bits per heavy atom. The molecule has 21 heavy (non-hydrogen) atoms. The summed E-state index contributed by atoms with van der Waals surface area (Å²) in [6, 6.07) is 17.0. The van der Waals surface area contributed by atoms with Gasteiger partial charge in [0.05, 0.1) is 7.11 Å². The van der Waals surface area contributed by atoms with Gasteiger partial charge in [-0.3, -0.25) is 0 Å². The standard InChI is InChI=1S/C19H25NO/c1-14(2)16-7-9-17(10-8-16)19(20)13-6-15-4-11-18(21-3)12-5-15/h4-5,7-12,14,19H,6,13,20H2,1-3H3. The normalized spacial score (nSPS) is 12.4. The van der Waals surface area contributed by atoms with Crippen LogP contribution in [-0.2, 0) is 6.42 Å². The summed E-state index contributed by atoms with van der Waals surface area (Å²) >= 11 is 0. The molecule has 0 bridgehead atoms. The van der Waals surface area contributed by atoms with E-state index in [4.69, 9.17) is 10.5 Å². The first-order valence-corrected chi connectivity index (χ1v) is 7.58. The minimum Gasteiger partial charge on any atom is -0.497 e. The first-order chi connectivity index (χ1) is 10.1. The molecule has 1 unspecified atom stereocenters. The van der Waals surface area contributed by atoms with Gasteiger partial charge in [-0.25, -0.2) is 0 Å². The van der Waals surface area contributed by atoms with Gasteiger partial charge in [-0.2, -0.15) is 0 Å². The number of hydrogen-bond acceptors (Lipinski definition) is 2. The van der Waals surface area contributed by atoms with Crippen LogP contribution in [0.1, 0.15) is 48.9 Å². The molecule has 2 rings (SSSR count). The predicted molar refractivity (Wildman–Crippen MR) is 88.8 cm³/mol. The van der Waals surface area contributed by atoms with Gasteiger partial charge >= 0.3 is 0 Å². The Morgan fingerprint density at radius 2 is 1.48 bits per heavy atom. The monoisotopic (exact) mass is 283 g/mol. The van der Waals surface area contributed by atoms with Gasteiger partial charge in [0.1, 0.15) is 5.75 Å². The van der Waals surface area contributed by atoms with E-state index in [9.17, 15) is 0 Å². The third-order valence-electron chi connectivity index (χ3n) is 3.93. The molecule has 112 valence electrons. The molecule has 0 spiro atoms. The van der Waals surface area contributed by atoms with Crippen molar-refractivity contribution in [3.05, 3.63) is 65.2 Å². The quantitative estimate of drug-likeness (QED) is 0.850. The van der Waals surface area contributed by atoms with E-state index in [2.05, 4.69) is 50.2 Å². The van der Waals surface area contributed by atoms with E-state index in [1.165, 1.54) is 16.7 Å². The molecular formula is C19H25NO. The lowest BCUT2D eigenvalue weighted by atomic mass is 9.96. The molecule has 2 aromatic rings. The van der Waals surface area contributed by atoms with Crippen molar-refractivity contribution in [2.75, 3.05) is 7.11 Å². The molecule has 0 aliphatic carbocycles. The van der Waals surface area contributed by atoms with Gasteiger partial charge in [0, 0.05) is 6.04 Å². The number of aryl methyl sites for hydroxylation is 1. The van der Waals surface area contributed by atoms with Crippen LogP contribution in [0, 0.1) is 0 Å². The number of hydrogen-bond donors (Lipinski definition) is 1. The Kier molecular flexibility index (Phi) is 5.40. The first-order valence-electron chi connectivity index (χ1n) is 7.58. The lowest BCUT2D eigenvalue weighted by molar-refractivity contribution is 0.414. The van der Waals surface area contributed by atoms with E-state index >= 15 is 0 Å². The van der Waals surface area contributed by atoms with Gasteiger partial charge in [-0.05, 0) is 47.6 Å². The molecule has 1 atom stereocenters. The fourth-order valence-electron chi connectivity index (χ4n) is 2.41. The highest BCUT2D eigenvalue weighted by atomic mass is 16.5. The Labute approximate surface area is 127 Å². The molecule has 0 saturated heterocycles. The second kappa shape index (κ2) is 7.28. The summed E-state index contributed by atoms with van der Waals surface area (Å²) < 4.78 is 5.17. The topological polar surface area (TPSA) is 35.2 Å². The molecule has 2 N–H and O–H groups in total. The van der Waals surface area contributed by atoms with Gasteiger partial charge in [0.2, 0.25) is 0 Å². The number of ether oxygens (including phenoxy) is 1. The lowest BCUT2D eigenvalue weighted by Crippen LogP contribution is -2.11. The van der Waals surface area contributed by atoms with Crippen LogP contribution in [-0.4, -0.2) is 7.11 Å². The van der Waals surface area contributed by atoms with Crippen molar-refractivity contribution >= 4 is 0 Å². The Balaban J connectivity index is 1.92. The SMILES string of the molecule is COc1ccc(CCC(N)c2ccc(C(C)C)cc2)cc1. The zero-order valence-electron chi connectivity index (χ0n) is 13.2. The average molecular weight is 283 g/mol. The van der Waals surface area contributed by atoms with Crippen molar-refractivity contribution in [2.24, 2.45) is 5.73 Å². The summed E-state index contributed by atoms with van der Waals surface area (Å²) in [7, 11) is 1.69. The molecule has 0 heterocycles.